The second-order valence-corrected chi connectivity index (χ2v) is 6.63. The van der Waals surface area contributed by atoms with Crippen molar-refractivity contribution in [2.24, 2.45) is 0 Å². The molecule has 1 fully saturated rings. The van der Waals surface area contributed by atoms with Crippen molar-refractivity contribution in [1.82, 2.24) is 10.2 Å². The predicted octanol–water partition coefficient (Wildman–Crippen LogP) is 3.06. The fourth-order valence-electron chi connectivity index (χ4n) is 3.04. The summed E-state index contributed by atoms with van der Waals surface area (Å²) in [6, 6.07) is 11.4. The number of nitrogens with one attached hydrogen (secondary N) is 1. The van der Waals surface area contributed by atoms with E-state index in [1.165, 1.54) is 24.9 Å². The molecule has 1 N–H and O–H groups in total. The molecule has 118 valence electrons. The Labute approximate surface area is 129 Å². The maximum absolute atomic E-state index is 5.77. The van der Waals surface area contributed by atoms with Crippen LogP contribution in [0.25, 0.3) is 0 Å². The van der Waals surface area contributed by atoms with E-state index in [4.69, 9.17) is 4.74 Å². The molecule has 0 spiro atoms. The second kappa shape index (κ2) is 7.92. The highest BCUT2D eigenvalue weighted by Gasteiger charge is 2.23. The van der Waals surface area contributed by atoms with Crippen molar-refractivity contribution < 1.29 is 4.74 Å². The van der Waals surface area contributed by atoms with Crippen molar-refractivity contribution in [3.8, 4) is 0 Å². The van der Waals surface area contributed by atoms with Gasteiger partial charge in [-0.05, 0) is 45.7 Å². The van der Waals surface area contributed by atoms with E-state index in [1.54, 1.807) is 0 Å². The van der Waals surface area contributed by atoms with Crippen LogP contribution in [0.4, 0.5) is 0 Å². The minimum atomic E-state index is -0.0730. The summed E-state index contributed by atoms with van der Waals surface area (Å²) in [5, 5.41) is 3.70. The average molecular weight is 290 g/mol. The Balaban J connectivity index is 1.78. The first-order chi connectivity index (χ1) is 10.1. The summed E-state index contributed by atoms with van der Waals surface area (Å²) in [7, 11) is 0. The lowest BCUT2D eigenvalue weighted by Gasteiger charge is -2.35. The van der Waals surface area contributed by atoms with Crippen LogP contribution in [-0.4, -0.2) is 42.8 Å². The van der Waals surface area contributed by atoms with E-state index in [0.717, 1.165) is 26.2 Å². The molecule has 0 saturated carbocycles. The van der Waals surface area contributed by atoms with Gasteiger partial charge in [0.25, 0.3) is 0 Å². The largest absolute Gasteiger partial charge is 0.375 e. The van der Waals surface area contributed by atoms with E-state index in [1.807, 2.05) is 0 Å². The number of hydrogen-bond donors (Lipinski definition) is 1. The minimum absolute atomic E-state index is 0.0730. The molecule has 2 rings (SSSR count). The lowest BCUT2D eigenvalue weighted by atomic mass is 10.0. The summed E-state index contributed by atoms with van der Waals surface area (Å²) >= 11 is 0. The van der Waals surface area contributed by atoms with Gasteiger partial charge in [0, 0.05) is 32.3 Å². The number of benzene rings is 1. The molecule has 1 saturated heterocycles. The van der Waals surface area contributed by atoms with Crippen molar-refractivity contribution in [3.05, 3.63) is 35.9 Å². The molecular weight excluding hydrogens is 260 g/mol. The smallest absolute Gasteiger partial charge is 0.0750 e. The molecule has 1 heterocycles. The summed E-state index contributed by atoms with van der Waals surface area (Å²) in [6.07, 6.45) is 2.55. The summed E-state index contributed by atoms with van der Waals surface area (Å²) < 4.78 is 5.77. The van der Waals surface area contributed by atoms with Crippen LogP contribution in [0.1, 0.15) is 39.2 Å². The van der Waals surface area contributed by atoms with Crippen LogP contribution in [0.15, 0.2) is 30.3 Å². The third-order valence-electron chi connectivity index (χ3n) is 4.11. The first-order valence-corrected chi connectivity index (χ1v) is 8.23. The van der Waals surface area contributed by atoms with E-state index >= 15 is 0 Å². The van der Waals surface area contributed by atoms with Crippen LogP contribution < -0.4 is 5.32 Å². The summed E-state index contributed by atoms with van der Waals surface area (Å²) in [6.45, 7) is 11.5. The van der Waals surface area contributed by atoms with E-state index in [9.17, 15) is 0 Å². The maximum atomic E-state index is 5.77. The van der Waals surface area contributed by atoms with Gasteiger partial charge in [-0.25, -0.2) is 0 Å². The number of piperidine rings is 1. The number of hydrogen-bond acceptors (Lipinski definition) is 3. The van der Waals surface area contributed by atoms with Crippen molar-refractivity contribution in [1.29, 1.82) is 0 Å². The van der Waals surface area contributed by atoms with Crippen LogP contribution in [0.3, 0.4) is 0 Å². The predicted molar refractivity (Wildman–Crippen MR) is 88.4 cm³/mol. The zero-order valence-electron chi connectivity index (χ0n) is 13.8. The molecule has 1 aromatic carbocycles. The molecule has 0 aliphatic carbocycles. The SMILES string of the molecule is CCOC(C)(C)CNC1CCCN(Cc2ccccc2)C1. The van der Waals surface area contributed by atoms with E-state index in [2.05, 4.69) is 61.3 Å². The molecule has 1 atom stereocenters. The molecule has 3 nitrogen and oxygen atoms in total. The molecule has 1 unspecified atom stereocenters. The van der Waals surface area contributed by atoms with Crippen LogP contribution in [0.2, 0.25) is 0 Å². The van der Waals surface area contributed by atoms with Crippen LogP contribution >= 0.6 is 0 Å². The standard InChI is InChI=1S/C18H30N2O/c1-4-21-18(2,3)15-19-17-11-8-12-20(14-17)13-16-9-6-5-7-10-16/h5-7,9-10,17,19H,4,8,11-15H2,1-3H3. The first-order valence-electron chi connectivity index (χ1n) is 8.23. The van der Waals surface area contributed by atoms with Gasteiger partial charge in [0.15, 0.2) is 0 Å². The molecule has 3 heteroatoms. The molecule has 21 heavy (non-hydrogen) atoms. The number of likely N-dealkylation sites (tertiary alicyclic amines) is 1. The Hall–Kier alpha value is -0.900. The second-order valence-electron chi connectivity index (χ2n) is 6.63. The van der Waals surface area contributed by atoms with Crippen LogP contribution in [0.5, 0.6) is 0 Å². The van der Waals surface area contributed by atoms with E-state index in [-0.39, 0.29) is 5.60 Å². The normalized spacial score (nSPS) is 20.6. The molecule has 1 aliphatic rings. The zero-order chi connectivity index (χ0) is 15.1. The van der Waals surface area contributed by atoms with Gasteiger partial charge in [-0.2, -0.15) is 0 Å². The van der Waals surface area contributed by atoms with Crippen molar-refractivity contribution in [2.75, 3.05) is 26.2 Å². The zero-order valence-corrected chi connectivity index (χ0v) is 13.8. The van der Waals surface area contributed by atoms with E-state index in [0.29, 0.717) is 6.04 Å². The first kappa shape index (κ1) is 16.5. The molecular formula is C18H30N2O. The summed E-state index contributed by atoms with van der Waals surface area (Å²) in [5.41, 5.74) is 1.34. The molecule has 0 radical (unpaired) electrons. The van der Waals surface area contributed by atoms with Gasteiger partial charge in [0.2, 0.25) is 0 Å². The Bertz CT molecular complexity index is 405. The number of rotatable bonds is 7. The lowest BCUT2D eigenvalue weighted by Crippen LogP contribution is -2.49. The molecule has 1 aromatic rings. The monoisotopic (exact) mass is 290 g/mol. The average Bonchev–Trinajstić information content (AvgIpc) is 2.47. The fraction of sp³-hybridized carbons (Fsp3) is 0.667. The summed E-state index contributed by atoms with van der Waals surface area (Å²) in [4.78, 5) is 2.56. The van der Waals surface area contributed by atoms with Gasteiger partial charge in [0.05, 0.1) is 5.60 Å². The van der Waals surface area contributed by atoms with Gasteiger partial charge in [0.1, 0.15) is 0 Å². The Kier molecular flexibility index (Phi) is 6.22. The van der Waals surface area contributed by atoms with Crippen LogP contribution in [-0.2, 0) is 11.3 Å². The van der Waals surface area contributed by atoms with Crippen molar-refractivity contribution in [2.45, 2.75) is 51.8 Å². The van der Waals surface area contributed by atoms with Crippen molar-refractivity contribution >= 4 is 0 Å². The minimum Gasteiger partial charge on any atom is -0.375 e. The van der Waals surface area contributed by atoms with Gasteiger partial charge >= 0.3 is 0 Å². The summed E-state index contributed by atoms with van der Waals surface area (Å²) in [5.74, 6) is 0. The number of nitrogens with zero attached hydrogens (tertiary/aromatic N) is 1. The Morgan fingerprint density at radius 1 is 1.29 bits per heavy atom. The third kappa shape index (κ3) is 5.77. The van der Waals surface area contributed by atoms with Gasteiger partial charge in [-0.3, -0.25) is 4.90 Å². The van der Waals surface area contributed by atoms with Gasteiger partial charge in [-0.1, -0.05) is 30.3 Å². The maximum Gasteiger partial charge on any atom is 0.0750 e. The third-order valence-corrected chi connectivity index (χ3v) is 4.11. The Morgan fingerprint density at radius 2 is 2.05 bits per heavy atom. The number of ether oxygens (including phenoxy) is 1. The van der Waals surface area contributed by atoms with Gasteiger partial charge in [-0.15, -0.1) is 0 Å². The van der Waals surface area contributed by atoms with Crippen molar-refractivity contribution in [3.63, 3.8) is 0 Å². The lowest BCUT2D eigenvalue weighted by molar-refractivity contribution is -0.0124. The molecule has 0 amide bonds. The quantitative estimate of drug-likeness (QED) is 0.835. The molecule has 0 aromatic heterocycles. The van der Waals surface area contributed by atoms with Gasteiger partial charge < -0.3 is 10.1 Å². The topological polar surface area (TPSA) is 24.5 Å². The highest BCUT2D eigenvalue weighted by Crippen LogP contribution is 2.15. The van der Waals surface area contributed by atoms with Crippen LogP contribution in [0, 0.1) is 0 Å². The highest BCUT2D eigenvalue weighted by molar-refractivity contribution is 5.14. The molecule has 1 aliphatic heterocycles. The fourth-order valence-corrected chi connectivity index (χ4v) is 3.04. The van der Waals surface area contributed by atoms with E-state index < -0.39 is 0 Å². The molecule has 0 bridgehead atoms. The highest BCUT2D eigenvalue weighted by atomic mass is 16.5. The Morgan fingerprint density at radius 3 is 2.76 bits per heavy atom.